The van der Waals surface area contributed by atoms with Gasteiger partial charge in [-0.2, -0.15) is 5.10 Å². The Labute approximate surface area is 130 Å². The third kappa shape index (κ3) is 3.22. The number of anilines is 1. The zero-order chi connectivity index (χ0) is 16.4. The van der Waals surface area contributed by atoms with Gasteiger partial charge in [-0.25, -0.2) is 23.2 Å². The van der Waals surface area contributed by atoms with Crippen molar-refractivity contribution in [2.75, 3.05) is 12.4 Å². The van der Waals surface area contributed by atoms with Gasteiger partial charge in [0.2, 0.25) is 0 Å². The number of methoxy groups -OCH3 is 1. The lowest BCUT2D eigenvalue weighted by atomic mass is 10.1. The van der Waals surface area contributed by atoms with E-state index in [0.717, 1.165) is 18.0 Å². The van der Waals surface area contributed by atoms with E-state index in [1.54, 1.807) is 4.68 Å². The lowest BCUT2D eigenvalue weighted by Gasteiger charge is -2.23. The average Bonchev–Trinajstić information content (AvgIpc) is 2.98. The third-order valence-corrected chi connectivity index (χ3v) is 3.63. The minimum absolute atomic E-state index is 0.157. The Morgan fingerprint density at radius 3 is 3.00 bits per heavy atom. The molecule has 1 atom stereocenters. The number of hydrogen-bond donors (Lipinski definition) is 2. The van der Waals surface area contributed by atoms with Gasteiger partial charge in [-0.05, 0) is 6.42 Å². The number of fused-ring (bicyclic) bond motifs is 1. The smallest absolute Gasteiger partial charge is 0.319 e. The quantitative estimate of drug-likeness (QED) is 0.901. The van der Waals surface area contributed by atoms with Crippen LogP contribution in [0.3, 0.4) is 0 Å². The number of aromatic nitrogens is 3. The first-order valence-corrected chi connectivity index (χ1v) is 7.04. The average molecular weight is 323 g/mol. The highest BCUT2D eigenvalue weighted by Gasteiger charge is 2.22. The van der Waals surface area contributed by atoms with E-state index in [-0.39, 0.29) is 17.5 Å². The number of rotatable bonds is 3. The predicted octanol–water partition coefficient (Wildman–Crippen LogP) is 1.70. The fraction of sp³-hybridized carbons (Fsp3) is 0.357. The maximum atomic E-state index is 13.8. The molecule has 122 valence electrons. The van der Waals surface area contributed by atoms with E-state index in [0.29, 0.717) is 19.4 Å². The lowest BCUT2D eigenvalue weighted by Crippen LogP contribution is -2.43. The molecule has 2 amide bonds. The van der Waals surface area contributed by atoms with Gasteiger partial charge in [-0.15, -0.1) is 0 Å². The summed E-state index contributed by atoms with van der Waals surface area (Å²) in [6, 6.07) is 0.995. The summed E-state index contributed by atoms with van der Waals surface area (Å²) in [7, 11) is 1.24. The zero-order valence-corrected chi connectivity index (χ0v) is 12.3. The normalized spacial score (nSPS) is 16.6. The third-order valence-electron chi connectivity index (χ3n) is 3.63. The van der Waals surface area contributed by atoms with Crippen LogP contribution >= 0.6 is 0 Å². The van der Waals surface area contributed by atoms with Crippen molar-refractivity contribution in [1.29, 1.82) is 0 Å². The van der Waals surface area contributed by atoms with Crippen molar-refractivity contribution in [3.8, 4) is 5.75 Å². The predicted molar refractivity (Wildman–Crippen MR) is 77.2 cm³/mol. The summed E-state index contributed by atoms with van der Waals surface area (Å²) in [5.74, 6) is -0.888. The van der Waals surface area contributed by atoms with Crippen LogP contribution in [0.2, 0.25) is 0 Å². The van der Waals surface area contributed by atoms with Crippen LogP contribution in [0.5, 0.6) is 5.75 Å². The monoisotopic (exact) mass is 323 g/mol. The molecule has 7 nitrogen and oxygen atoms in total. The van der Waals surface area contributed by atoms with E-state index in [2.05, 4.69) is 25.5 Å². The van der Waals surface area contributed by atoms with Gasteiger partial charge in [-0.3, -0.25) is 0 Å². The van der Waals surface area contributed by atoms with Gasteiger partial charge in [0.25, 0.3) is 0 Å². The molecule has 0 aliphatic carbocycles. The molecule has 0 saturated carbocycles. The molecule has 0 radical (unpaired) electrons. The van der Waals surface area contributed by atoms with Gasteiger partial charge >= 0.3 is 6.03 Å². The van der Waals surface area contributed by atoms with Crippen LogP contribution in [-0.2, 0) is 13.0 Å². The first kappa shape index (κ1) is 15.2. The summed E-state index contributed by atoms with van der Waals surface area (Å²) in [6.45, 7) is 0.488. The van der Waals surface area contributed by atoms with Crippen LogP contribution in [0, 0.1) is 11.6 Å². The highest BCUT2D eigenvalue weighted by molar-refractivity contribution is 5.89. The maximum absolute atomic E-state index is 13.8. The summed E-state index contributed by atoms with van der Waals surface area (Å²) in [5, 5.41) is 9.07. The van der Waals surface area contributed by atoms with E-state index in [9.17, 15) is 13.6 Å². The number of carbonyl (C=O) groups is 1. The van der Waals surface area contributed by atoms with E-state index >= 15 is 0 Å². The van der Waals surface area contributed by atoms with Crippen molar-refractivity contribution in [3.05, 3.63) is 35.9 Å². The Balaban J connectivity index is 1.63. The number of carbonyl (C=O) groups excluding carboxylic acids is 1. The zero-order valence-electron chi connectivity index (χ0n) is 12.3. The summed E-state index contributed by atoms with van der Waals surface area (Å²) >= 11 is 0. The number of nitrogens with zero attached hydrogens (tertiary/aromatic N) is 3. The second-order valence-corrected chi connectivity index (χ2v) is 5.16. The van der Waals surface area contributed by atoms with Crippen LogP contribution in [0.15, 0.2) is 18.5 Å². The van der Waals surface area contributed by atoms with E-state index in [4.69, 9.17) is 0 Å². The fourth-order valence-electron chi connectivity index (χ4n) is 2.48. The Hall–Kier alpha value is -2.71. The SMILES string of the molecule is COc1cc(F)c(NC(=O)N[C@@H]2CCc3ncnn3C2)cc1F. The number of urea groups is 1. The molecular formula is C14H15F2N5O2. The van der Waals surface area contributed by atoms with Crippen molar-refractivity contribution in [1.82, 2.24) is 20.1 Å². The van der Waals surface area contributed by atoms with Crippen molar-refractivity contribution >= 4 is 11.7 Å². The molecule has 0 bridgehead atoms. The molecule has 23 heavy (non-hydrogen) atoms. The standard InChI is InChI=1S/C14H15F2N5O2/c1-23-12-5-9(15)11(4-10(12)16)20-14(22)19-8-2-3-13-17-7-18-21(13)6-8/h4-5,7-8H,2-3,6H2,1H3,(H2,19,20,22)/t8-/m1/s1. The second kappa shape index (κ2) is 6.19. The van der Waals surface area contributed by atoms with Gasteiger partial charge in [0.15, 0.2) is 17.4 Å². The molecule has 2 N–H and O–H groups in total. The molecule has 2 aromatic rings. The number of hydrogen-bond acceptors (Lipinski definition) is 4. The van der Waals surface area contributed by atoms with E-state index in [1.165, 1.54) is 13.4 Å². The first-order chi connectivity index (χ1) is 11.1. The molecule has 9 heteroatoms. The number of ether oxygens (including phenoxy) is 1. The molecule has 0 saturated heterocycles. The largest absolute Gasteiger partial charge is 0.494 e. The molecule has 1 aromatic carbocycles. The number of amides is 2. The molecule has 0 fully saturated rings. The minimum Gasteiger partial charge on any atom is -0.494 e. The Bertz CT molecular complexity index is 734. The molecule has 0 unspecified atom stereocenters. The van der Waals surface area contributed by atoms with Crippen molar-refractivity contribution < 1.29 is 18.3 Å². The summed E-state index contributed by atoms with van der Waals surface area (Å²) in [5.41, 5.74) is -0.252. The molecular weight excluding hydrogens is 308 g/mol. The van der Waals surface area contributed by atoms with Gasteiger partial charge in [0.05, 0.1) is 25.4 Å². The minimum atomic E-state index is -0.777. The Morgan fingerprint density at radius 1 is 1.39 bits per heavy atom. The second-order valence-electron chi connectivity index (χ2n) is 5.16. The fourth-order valence-corrected chi connectivity index (χ4v) is 2.48. The lowest BCUT2D eigenvalue weighted by molar-refractivity contribution is 0.243. The van der Waals surface area contributed by atoms with Crippen molar-refractivity contribution in [2.24, 2.45) is 0 Å². The first-order valence-electron chi connectivity index (χ1n) is 7.04. The number of halogens is 2. The van der Waals surface area contributed by atoms with Gasteiger partial charge < -0.3 is 15.4 Å². The van der Waals surface area contributed by atoms with Gasteiger partial charge in [-0.1, -0.05) is 0 Å². The topological polar surface area (TPSA) is 81.1 Å². The van der Waals surface area contributed by atoms with E-state index < -0.39 is 17.7 Å². The highest BCUT2D eigenvalue weighted by atomic mass is 19.1. The molecule has 2 heterocycles. The highest BCUT2D eigenvalue weighted by Crippen LogP contribution is 2.24. The van der Waals surface area contributed by atoms with Crippen LogP contribution in [0.4, 0.5) is 19.3 Å². The number of benzene rings is 1. The van der Waals surface area contributed by atoms with Crippen molar-refractivity contribution in [2.45, 2.75) is 25.4 Å². The van der Waals surface area contributed by atoms with Crippen LogP contribution in [-0.4, -0.2) is 33.9 Å². The Kier molecular flexibility index (Phi) is 4.09. The summed E-state index contributed by atoms with van der Waals surface area (Å²) in [4.78, 5) is 16.1. The molecule has 3 rings (SSSR count). The van der Waals surface area contributed by atoms with Crippen molar-refractivity contribution in [3.63, 3.8) is 0 Å². The molecule has 1 aliphatic rings. The van der Waals surface area contributed by atoms with E-state index in [1.807, 2.05) is 0 Å². The number of aryl methyl sites for hydroxylation is 1. The van der Waals surface area contributed by atoms with Crippen LogP contribution < -0.4 is 15.4 Å². The number of nitrogens with one attached hydrogen (secondary N) is 2. The van der Waals surface area contributed by atoms with Gasteiger partial charge in [0.1, 0.15) is 12.2 Å². The Morgan fingerprint density at radius 2 is 2.22 bits per heavy atom. The van der Waals surface area contributed by atoms with Crippen LogP contribution in [0.1, 0.15) is 12.2 Å². The van der Waals surface area contributed by atoms with Gasteiger partial charge in [0, 0.05) is 18.6 Å². The molecule has 1 aliphatic heterocycles. The van der Waals surface area contributed by atoms with Crippen LogP contribution in [0.25, 0.3) is 0 Å². The molecule has 1 aromatic heterocycles. The summed E-state index contributed by atoms with van der Waals surface area (Å²) < 4.78 is 33.8. The summed E-state index contributed by atoms with van der Waals surface area (Å²) in [6.07, 6.45) is 2.86. The maximum Gasteiger partial charge on any atom is 0.319 e. The molecule has 0 spiro atoms.